The zero-order chi connectivity index (χ0) is 19.5. The summed E-state index contributed by atoms with van der Waals surface area (Å²) in [7, 11) is 0. The number of halogens is 1. The number of pyridine rings is 1. The zero-order valence-electron chi connectivity index (χ0n) is 15.3. The van der Waals surface area contributed by atoms with Crippen molar-refractivity contribution in [2.75, 3.05) is 16.4 Å². The van der Waals surface area contributed by atoms with Crippen molar-refractivity contribution in [1.29, 1.82) is 0 Å². The van der Waals surface area contributed by atoms with Crippen LogP contribution in [0.25, 0.3) is 10.9 Å². The molecule has 2 heterocycles. The van der Waals surface area contributed by atoms with E-state index in [2.05, 4.69) is 25.6 Å². The second-order valence-corrected chi connectivity index (χ2v) is 6.79. The summed E-state index contributed by atoms with van der Waals surface area (Å²) < 4.78 is 0. The molecule has 0 aliphatic rings. The Hall–Kier alpha value is -3.38. The van der Waals surface area contributed by atoms with Crippen LogP contribution >= 0.6 is 11.6 Å². The van der Waals surface area contributed by atoms with E-state index in [1.807, 2.05) is 61.5 Å². The summed E-state index contributed by atoms with van der Waals surface area (Å²) in [6.07, 6.45) is 1.47. The Morgan fingerprint density at radius 1 is 0.964 bits per heavy atom. The van der Waals surface area contributed by atoms with Gasteiger partial charge in [0.2, 0.25) is 0 Å². The Kier molecular flexibility index (Phi) is 4.95. The molecule has 4 aromatic rings. The van der Waals surface area contributed by atoms with E-state index in [0.717, 1.165) is 27.8 Å². The highest BCUT2D eigenvalue weighted by Crippen LogP contribution is 2.30. The van der Waals surface area contributed by atoms with Gasteiger partial charge in [0.05, 0.1) is 11.2 Å². The number of nitrogens with one attached hydrogen (secondary N) is 2. The SMILES string of the molecule is Cc1ccc2cccc(Nc3ncnc(NCc4ccccc4Cl)c3N)c2n1. The molecule has 0 radical (unpaired) electrons. The van der Waals surface area contributed by atoms with Gasteiger partial charge in [0.25, 0.3) is 0 Å². The largest absolute Gasteiger partial charge is 0.393 e. The number of rotatable bonds is 5. The molecule has 0 saturated carbocycles. The first-order valence-corrected chi connectivity index (χ1v) is 9.21. The number of fused-ring (bicyclic) bond motifs is 1. The third-order valence-electron chi connectivity index (χ3n) is 4.40. The number of aromatic nitrogens is 3. The summed E-state index contributed by atoms with van der Waals surface area (Å²) in [5.41, 5.74) is 10.3. The summed E-state index contributed by atoms with van der Waals surface area (Å²) in [6, 6.07) is 17.6. The summed E-state index contributed by atoms with van der Waals surface area (Å²) in [4.78, 5) is 13.2. The van der Waals surface area contributed by atoms with Crippen LogP contribution in [0.4, 0.5) is 23.0 Å². The van der Waals surface area contributed by atoms with Gasteiger partial charge in [-0.2, -0.15) is 0 Å². The van der Waals surface area contributed by atoms with Gasteiger partial charge in [-0.3, -0.25) is 4.98 Å². The fourth-order valence-electron chi connectivity index (χ4n) is 2.93. The topological polar surface area (TPSA) is 88.8 Å². The van der Waals surface area contributed by atoms with Gasteiger partial charge in [0, 0.05) is 22.6 Å². The maximum atomic E-state index is 6.30. The predicted octanol–water partition coefficient (Wildman–Crippen LogP) is 4.92. The molecule has 4 N–H and O–H groups in total. The van der Waals surface area contributed by atoms with Gasteiger partial charge in [-0.15, -0.1) is 0 Å². The van der Waals surface area contributed by atoms with E-state index in [-0.39, 0.29) is 0 Å². The lowest BCUT2D eigenvalue weighted by Gasteiger charge is -2.14. The molecule has 0 atom stereocenters. The average molecular weight is 391 g/mol. The van der Waals surface area contributed by atoms with Crippen LogP contribution in [0.3, 0.4) is 0 Å². The fourth-order valence-corrected chi connectivity index (χ4v) is 3.13. The molecule has 6 nitrogen and oxygen atoms in total. The lowest BCUT2D eigenvalue weighted by molar-refractivity contribution is 1.09. The fraction of sp³-hybridized carbons (Fsp3) is 0.0952. The molecule has 0 unspecified atom stereocenters. The van der Waals surface area contributed by atoms with Crippen LogP contribution in [0.5, 0.6) is 0 Å². The van der Waals surface area contributed by atoms with Crippen molar-refractivity contribution in [3.8, 4) is 0 Å². The third-order valence-corrected chi connectivity index (χ3v) is 4.77. The molecule has 0 fully saturated rings. The third kappa shape index (κ3) is 3.68. The van der Waals surface area contributed by atoms with Gasteiger partial charge in [-0.05, 0) is 30.7 Å². The van der Waals surface area contributed by atoms with Gasteiger partial charge in [-0.1, -0.05) is 48.0 Å². The molecular formula is C21H19ClN6. The molecule has 0 saturated heterocycles. The van der Waals surface area contributed by atoms with Crippen LogP contribution in [0, 0.1) is 6.92 Å². The first-order valence-electron chi connectivity index (χ1n) is 8.83. The molecule has 2 aromatic carbocycles. The number of para-hydroxylation sites is 1. The summed E-state index contributed by atoms with van der Waals surface area (Å²) in [5.74, 6) is 1.06. The molecule has 0 spiro atoms. The van der Waals surface area contributed by atoms with E-state index >= 15 is 0 Å². The Morgan fingerprint density at radius 3 is 2.64 bits per heavy atom. The standard InChI is InChI=1S/C21H19ClN6/c1-13-9-10-14-6-4-8-17(19(14)27-13)28-21-18(23)20(25-12-26-21)24-11-15-5-2-3-7-16(15)22/h2-10,12H,11,23H2,1H3,(H2,24,25,26,28). The normalized spacial score (nSPS) is 10.8. The molecule has 28 heavy (non-hydrogen) atoms. The van der Waals surface area contributed by atoms with Crippen molar-refractivity contribution in [3.05, 3.63) is 77.2 Å². The number of benzene rings is 2. The smallest absolute Gasteiger partial charge is 0.159 e. The van der Waals surface area contributed by atoms with Gasteiger partial charge in [-0.25, -0.2) is 9.97 Å². The minimum atomic E-state index is 0.430. The van der Waals surface area contributed by atoms with Crippen molar-refractivity contribution in [2.45, 2.75) is 13.5 Å². The second kappa shape index (κ2) is 7.70. The summed E-state index contributed by atoms with van der Waals surface area (Å²) in [6.45, 7) is 2.47. The van der Waals surface area contributed by atoms with E-state index < -0.39 is 0 Å². The van der Waals surface area contributed by atoms with Crippen LogP contribution in [-0.4, -0.2) is 15.0 Å². The molecule has 140 valence electrons. The van der Waals surface area contributed by atoms with Crippen LogP contribution in [0.15, 0.2) is 60.9 Å². The molecule has 7 heteroatoms. The molecular weight excluding hydrogens is 372 g/mol. The number of nitrogens with two attached hydrogens (primary N) is 1. The molecule has 0 amide bonds. The first-order chi connectivity index (χ1) is 13.6. The quantitative estimate of drug-likeness (QED) is 0.448. The van der Waals surface area contributed by atoms with E-state index in [4.69, 9.17) is 17.3 Å². The monoisotopic (exact) mass is 390 g/mol. The first kappa shape index (κ1) is 18.0. The van der Waals surface area contributed by atoms with Crippen LogP contribution in [0.1, 0.15) is 11.3 Å². The summed E-state index contributed by atoms with van der Waals surface area (Å²) in [5, 5.41) is 8.25. The number of hydrogen-bond acceptors (Lipinski definition) is 6. The van der Waals surface area contributed by atoms with E-state index in [9.17, 15) is 0 Å². The van der Waals surface area contributed by atoms with Crippen LogP contribution < -0.4 is 16.4 Å². The molecule has 0 aliphatic carbocycles. The minimum absolute atomic E-state index is 0.430. The molecule has 4 rings (SSSR count). The minimum Gasteiger partial charge on any atom is -0.393 e. The Labute approximate surface area is 167 Å². The maximum absolute atomic E-state index is 6.30. The molecule has 0 bridgehead atoms. The second-order valence-electron chi connectivity index (χ2n) is 6.38. The highest BCUT2D eigenvalue weighted by molar-refractivity contribution is 6.31. The van der Waals surface area contributed by atoms with Gasteiger partial charge < -0.3 is 16.4 Å². The Morgan fingerprint density at radius 2 is 1.79 bits per heavy atom. The van der Waals surface area contributed by atoms with Crippen molar-refractivity contribution < 1.29 is 0 Å². The zero-order valence-corrected chi connectivity index (χ0v) is 16.0. The Balaban J connectivity index is 1.61. The van der Waals surface area contributed by atoms with Crippen LogP contribution in [-0.2, 0) is 6.54 Å². The van der Waals surface area contributed by atoms with E-state index in [0.29, 0.717) is 28.9 Å². The summed E-state index contributed by atoms with van der Waals surface area (Å²) >= 11 is 6.21. The number of aryl methyl sites for hydroxylation is 1. The predicted molar refractivity (Wildman–Crippen MR) is 115 cm³/mol. The van der Waals surface area contributed by atoms with Crippen LogP contribution in [0.2, 0.25) is 5.02 Å². The number of hydrogen-bond donors (Lipinski definition) is 3. The van der Waals surface area contributed by atoms with E-state index in [1.54, 1.807) is 0 Å². The van der Waals surface area contributed by atoms with Gasteiger partial charge >= 0.3 is 0 Å². The number of anilines is 4. The van der Waals surface area contributed by atoms with E-state index in [1.165, 1.54) is 6.33 Å². The van der Waals surface area contributed by atoms with Crippen molar-refractivity contribution in [2.24, 2.45) is 0 Å². The Bertz CT molecular complexity index is 1140. The maximum Gasteiger partial charge on any atom is 0.159 e. The van der Waals surface area contributed by atoms with Gasteiger partial charge in [0.15, 0.2) is 11.6 Å². The number of nitrogens with zero attached hydrogens (tertiary/aromatic N) is 3. The lowest BCUT2D eigenvalue weighted by Crippen LogP contribution is -2.08. The number of nitrogen functional groups attached to an aromatic ring is 1. The highest BCUT2D eigenvalue weighted by atomic mass is 35.5. The molecule has 0 aliphatic heterocycles. The van der Waals surface area contributed by atoms with Crippen molar-refractivity contribution in [3.63, 3.8) is 0 Å². The lowest BCUT2D eigenvalue weighted by atomic mass is 10.1. The average Bonchev–Trinajstić information content (AvgIpc) is 2.70. The van der Waals surface area contributed by atoms with Crippen molar-refractivity contribution in [1.82, 2.24) is 15.0 Å². The van der Waals surface area contributed by atoms with Gasteiger partial charge in [0.1, 0.15) is 12.0 Å². The molecule has 2 aromatic heterocycles. The van der Waals surface area contributed by atoms with Crippen molar-refractivity contribution >= 4 is 45.5 Å². The highest BCUT2D eigenvalue weighted by Gasteiger charge is 2.11.